The first-order valence-electron chi connectivity index (χ1n) is 16.0. The summed E-state index contributed by atoms with van der Waals surface area (Å²) in [6, 6.07) is 0. The van der Waals surface area contributed by atoms with Crippen molar-refractivity contribution in [3.8, 4) is 0 Å². The molecule has 0 aliphatic rings. The molecule has 0 bridgehead atoms. The monoisotopic (exact) mass is 719 g/mol. The lowest BCUT2D eigenvalue weighted by molar-refractivity contribution is -0.139. The van der Waals surface area contributed by atoms with E-state index in [1.54, 1.807) is 33.3 Å². The fourth-order valence-corrected chi connectivity index (χ4v) is 3.43. The molecule has 11 nitrogen and oxygen atoms in total. The zero-order chi connectivity index (χ0) is 37.2. The second kappa shape index (κ2) is 37.0. The van der Waals surface area contributed by atoms with E-state index in [4.69, 9.17) is 20.7 Å². The highest BCUT2D eigenvalue weighted by molar-refractivity contribution is 8.13. The van der Waals surface area contributed by atoms with Gasteiger partial charge in [0.1, 0.15) is 11.2 Å². The number of alkyl carbamates (subject to hydrolysis) is 1. The van der Waals surface area contributed by atoms with Crippen molar-refractivity contribution in [1.82, 2.24) is 10.6 Å². The molecule has 0 aliphatic carbocycles. The van der Waals surface area contributed by atoms with Crippen molar-refractivity contribution < 1.29 is 33.8 Å². The number of carbonyl (C=O) groups excluding carboxylic acids is 3. The molecular formula is C35H67N4O7S2-. The summed E-state index contributed by atoms with van der Waals surface area (Å²) in [6.45, 7) is 18.6. The van der Waals surface area contributed by atoms with E-state index < -0.39 is 17.7 Å². The Balaban J connectivity index is -0.000000176. The third-order valence-corrected chi connectivity index (χ3v) is 6.31. The average molecular weight is 720 g/mol. The molecule has 282 valence electrons. The van der Waals surface area contributed by atoms with E-state index in [1.165, 1.54) is 43.9 Å². The zero-order valence-corrected chi connectivity index (χ0v) is 32.9. The molecule has 0 rings (SSSR count). The fourth-order valence-electron chi connectivity index (χ4n) is 3.03. The van der Waals surface area contributed by atoms with Gasteiger partial charge in [-0.3, -0.25) is 30.5 Å². The van der Waals surface area contributed by atoms with Gasteiger partial charge in [0.05, 0.1) is 0 Å². The van der Waals surface area contributed by atoms with Crippen molar-refractivity contribution >= 4 is 58.3 Å². The molecule has 0 unspecified atom stereocenters. The standard InChI is InChI=1S/C12H22N2OS.C10H18O2.C7H14N2O2S.C5H10O2.CH3/c1-3-4-5-6-7-8-9-10-11(15)14-12(13)16-2;1-2-3-4-5-6-7-8-9-10(11)12;1-7(2,3)11-6(10)9-5(8)12-4;1-5(2,3)7-4-6;/h3H,1,4-10H2,2H3,(H2,13,14,15);2H,1,3-9H2,(H,11,12);1-4H3,(H2,8,9,10);4H,1-3H3;1H3/q;;;;-1. The minimum Gasteiger partial charge on any atom is -0.481 e. The number of carboxylic acid groups (broad SMARTS) is 1. The number of aliphatic carboxylic acids is 1. The maximum absolute atomic E-state index is 11.3. The zero-order valence-electron chi connectivity index (χ0n) is 31.3. The fraction of sp³-hybridized carbons (Fsp3) is 0.686. The molecule has 0 aromatic heterocycles. The lowest BCUT2D eigenvalue weighted by Gasteiger charge is -2.19. The van der Waals surface area contributed by atoms with Gasteiger partial charge in [-0.15, -0.1) is 13.2 Å². The predicted octanol–water partition coefficient (Wildman–Crippen LogP) is 9.52. The molecule has 0 aliphatic heterocycles. The van der Waals surface area contributed by atoms with E-state index in [2.05, 4.69) is 28.5 Å². The van der Waals surface area contributed by atoms with Gasteiger partial charge in [0, 0.05) is 12.8 Å². The van der Waals surface area contributed by atoms with Gasteiger partial charge in [0.15, 0.2) is 10.3 Å². The van der Waals surface area contributed by atoms with Gasteiger partial charge >= 0.3 is 12.1 Å². The molecule has 0 fully saturated rings. The van der Waals surface area contributed by atoms with Crippen molar-refractivity contribution in [3.05, 3.63) is 32.7 Å². The van der Waals surface area contributed by atoms with Crippen molar-refractivity contribution in [2.45, 2.75) is 143 Å². The summed E-state index contributed by atoms with van der Waals surface area (Å²) in [5.41, 5.74) is -0.829. The highest BCUT2D eigenvalue weighted by atomic mass is 32.2. The highest BCUT2D eigenvalue weighted by Crippen LogP contribution is 2.09. The Labute approximate surface area is 300 Å². The summed E-state index contributed by atoms with van der Waals surface area (Å²) in [5, 5.41) is 27.9. The molecule has 0 spiro atoms. The first kappa shape index (κ1) is 54.6. The quantitative estimate of drug-likeness (QED) is 0.0244. The van der Waals surface area contributed by atoms with Gasteiger partial charge in [-0.1, -0.05) is 74.2 Å². The number of hydrogen-bond donors (Lipinski definition) is 5. The summed E-state index contributed by atoms with van der Waals surface area (Å²) in [7, 11) is 0. The minimum absolute atomic E-state index is 0. The minimum atomic E-state index is -0.680. The number of amidine groups is 2. The van der Waals surface area contributed by atoms with Crippen LogP contribution in [0.4, 0.5) is 4.79 Å². The van der Waals surface area contributed by atoms with Gasteiger partial charge in [-0.05, 0) is 92.6 Å². The van der Waals surface area contributed by atoms with Crippen molar-refractivity contribution in [2.75, 3.05) is 12.5 Å². The maximum atomic E-state index is 11.3. The summed E-state index contributed by atoms with van der Waals surface area (Å²) in [4.78, 5) is 41.9. The van der Waals surface area contributed by atoms with Gasteiger partial charge in [-0.25, -0.2) is 4.79 Å². The lowest BCUT2D eigenvalue weighted by atomic mass is 10.1. The Kier molecular flexibility index (Phi) is 42.1. The molecule has 0 aromatic carbocycles. The third-order valence-electron chi connectivity index (χ3n) is 5.29. The smallest absolute Gasteiger partial charge is 0.413 e. The molecule has 13 heteroatoms. The number of rotatable bonds is 17. The SMILES string of the molecule is C=CCCCCCCCC(=O)NC(=N)SC.C=CCCCCCCCC(=O)O.CC(C)(C)OC=O.CSC(=N)NC(=O)OC(C)(C)C.[CH3-]. The van der Waals surface area contributed by atoms with E-state index in [0.717, 1.165) is 56.7 Å². The van der Waals surface area contributed by atoms with Crippen LogP contribution in [0.15, 0.2) is 25.3 Å². The molecule has 48 heavy (non-hydrogen) atoms. The van der Waals surface area contributed by atoms with Gasteiger partial charge in [-0.2, -0.15) is 0 Å². The number of nitrogens with one attached hydrogen (secondary N) is 4. The van der Waals surface area contributed by atoms with Gasteiger partial charge in [0.25, 0.3) is 6.47 Å². The Morgan fingerprint density at radius 3 is 1.44 bits per heavy atom. The summed E-state index contributed by atoms with van der Waals surface area (Å²) in [5.74, 6) is -0.716. The summed E-state index contributed by atoms with van der Waals surface area (Å²) >= 11 is 2.40. The van der Waals surface area contributed by atoms with Crippen LogP contribution >= 0.6 is 23.5 Å². The van der Waals surface area contributed by atoms with Crippen LogP contribution in [0.5, 0.6) is 0 Å². The molecule has 0 saturated carbocycles. The Bertz CT molecular complexity index is 887. The first-order chi connectivity index (χ1) is 21.9. The number of ether oxygens (including phenoxy) is 2. The molecule has 0 heterocycles. The van der Waals surface area contributed by atoms with Crippen molar-refractivity contribution in [3.63, 3.8) is 0 Å². The summed E-state index contributed by atoms with van der Waals surface area (Å²) < 4.78 is 9.45. The summed E-state index contributed by atoms with van der Waals surface area (Å²) in [6.07, 6.45) is 20.8. The van der Waals surface area contributed by atoms with Crippen LogP contribution in [-0.2, 0) is 23.9 Å². The molecule has 2 amide bonds. The van der Waals surface area contributed by atoms with Gasteiger partial charge in [0.2, 0.25) is 5.91 Å². The number of hydrogen-bond acceptors (Lipinski definition) is 10. The second-order valence-corrected chi connectivity index (χ2v) is 13.8. The van der Waals surface area contributed by atoms with E-state index in [-0.39, 0.29) is 29.3 Å². The second-order valence-electron chi connectivity index (χ2n) is 12.2. The Morgan fingerprint density at radius 1 is 0.708 bits per heavy atom. The number of unbranched alkanes of at least 4 members (excludes halogenated alkanes) is 10. The average Bonchev–Trinajstić information content (AvgIpc) is 2.95. The number of thioether (sulfide) groups is 2. The third kappa shape index (κ3) is 58.7. The Morgan fingerprint density at radius 2 is 1.10 bits per heavy atom. The molecule has 0 saturated heterocycles. The van der Waals surface area contributed by atoms with E-state index in [1.807, 2.05) is 32.9 Å². The number of amides is 2. The van der Waals surface area contributed by atoms with Crippen molar-refractivity contribution in [2.24, 2.45) is 0 Å². The molecular weight excluding hydrogens is 653 g/mol. The lowest BCUT2D eigenvalue weighted by Crippen LogP contribution is -2.34. The molecule has 0 radical (unpaired) electrons. The first-order valence-corrected chi connectivity index (χ1v) is 18.4. The van der Waals surface area contributed by atoms with E-state index >= 15 is 0 Å². The number of carbonyl (C=O) groups is 4. The van der Waals surface area contributed by atoms with Crippen LogP contribution in [0.2, 0.25) is 0 Å². The van der Waals surface area contributed by atoms with E-state index in [9.17, 15) is 19.2 Å². The Hall–Kier alpha value is -2.80. The predicted molar refractivity (Wildman–Crippen MR) is 206 cm³/mol. The number of carboxylic acids is 1. The van der Waals surface area contributed by atoms with Crippen LogP contribution < -0.4 is 10.6 Å². The number of allylic oxidation sites excluding steroid dienone is 2. The highest BCUT2D eigenvalue weighted by Gasteiger charge is 2.16. The van der Waals surface area contributed by atoms with Crippen LogP contribution in [0.25, 0.3) is 0 Å². The van der Waals surface area contributed by atoms with Crippen LogP contribution in [0.1, 0.15) is 131 Å². The largest absolute Gasteiger partial charge is 0.481 e. The molecule has 0 atom stereocenters. The van der Waals surface area contributed by atoms with Crippen molar-refractivity contribution in [1.29, 1.82) is 10.8 Å². The maximum Gasteiger partial charge on any atom is 0.413 e. The van der Waals surface area contributed by atoms with Crippen LogP contribution in [-0.4, -0.2) is 63.6 Å². The normalized spacial score (nSPS) is 9.92. The topological polar surface area (TPSA) is 179 Å². The molecule has 5 N–H and O–H groups in total. The van der Waals surface area contributed by atoms with Crippen LogP contribution in [0.3, 0.4) is 0 Å². The van der Waals surface area contributed by atoms with Gasteiger partial charge < -0.3 is 27.3 Å². The molecule has 0 aromatic rings. The van der Waals surface area contributed by atoms with E-state index in [0.29, 0.717) is 19.3 Å². The van der Waals surface area contributed by atoms with Crippen LogP contribution in [0, 0.1) is 18.2 Å².